The van der Waals surface area contributed by atoms with Crippen molar-refractivity contribution >= 4 is 0 Å². The van der Waals surface area contributed by atoms with Crippen LogP contribution >= 0.6 is 0 Å². The first-order valence-electron chi connectivity index (χ1n) is 6.27. The number of hydrogen-bond donors (Lipinski definition) is 2. The van der Waals surface area contributed by atoms with Gasteiger partial charge in [0.15, 0.2) is 0 Å². The van der Waals surface area contributed by atoms with Gasteiger partial charge in [-0.3, -0.25) is 0 Å². The maximum atomic E-state index is 5.79. The summed E-state index contributed by atoms with van der Waals surface area (Å²) < 4.78 is 5.04. The molecule has 1 unspecified atom stereocenters. The van der Waals surface area contributed by atoms with Gasteiger partial charge in [-0.05, 0) is 24.4 Å². The zero-order valence-electron chi connectivity index (χ0n) is 10.4. The van der Waals surface area contributed by atoms with Crippen LogP contribution in [0.2, 0.25) is 0 Å². The molecule has 0 bridgehead atoms. The van der Waals surface area contributed by atoms with Crippen molar-refractivity contribution in [2.45, 2.75) is 25.3 Å². The van der Waals surface area contributed by atoms with Crippen molar-refractivity contribution in [2.75, 3.05) is 20.2 Å². The number of nitrogens with zero attached hydrogens (tertiary/aromatic N) is 1. The molecule has 94 valence electrons. The van der Waals surface area contributed by atoms with Crippen molar-refractivity contribution in [1.82, 2.24) is 10.3 Å². The summed E-state index contributed by atoms with van der Waals surface area (Å²) in [7, 11) is 1.62. The molecule has 0 radical (unpaired) electrons. The summed E-state index contributed by atoms with van der Waals surface area (Å²) >= 11 is 0. The van der Waals surface area contributed by atoms with E-state index in [9.17, 15) is 0 Å². The molecule has 1 aliphatic carbocycles. The lowest BCUT2D eigenvalue weighted by atomic mass is 10.1. The number of nitrogens with one attached hydrogen (secondary N) is 1. The summed E-state index contributed by atoms with van der Waals surface area (Å²) in [5.74, 6) is 1.59. The highest BCUT2D eigenvalue weighted by molar-refractivity contribution is 5.21. The van der Waals surface area contributed by atoms with Crippen molar-refractivity contribution in [3.05, 3.63) is 23.9 Å². The Morgan fingerprint density at radius 1 is 1.53 bits per heavy atom. The Bertz CT molecular complexity index is 335. The molecule has 0 aromatic carbocycles. The normalized spacial score (nSPS) is 16.8. The van der Waals surface area contributed by atoms with Crippen molar-refractivity contribution in [3.8, 4) is 5.88 Å². The summed E-state index contributed by atoms with van der Waals surface area (Å²) in [6, 6.07) is 4.10. The summed E-state index contributed by atoms with van der Waals surface area (Å²) in [5.41, 5.74) is 6.92. The third-order valence-electron chi connectivity index (χ3n) is 3.25. The van der Waals surface area contributed by atoms with Gasteiger partial charge in [-0.2, -0.15) is 0 Å². The Hall–Kier alpha value is -1.13. The molecule has 4 nitrogen and oxygen atoms in total. The van der Waals surface area contributed by atoms with Crippen molar-refractivity contribution in [3.63, 3.8) is 0 Å². The van der Waals surface area contributed by atoms with Crippen LogP contribution in [0.5, 0.6) is 5.88 Å². The maximum absolute atomic E-state index is 5.79. The summed E-state index contributed by atoms with van der Waals surface area (Å²) in [6.45, 7) is 1.64. The van der Waals surface area contributed by atoms with E-state index < -0.39 is 0 Å². The Kier molecular flexibility index (Phi) is 4.34. The van der Waals surface area contributed by atoms with Gasteiger partial charge in [0.2, 0.25) is 5.88 Å². The van der Waals surface area contributed by atoms with Gasteiger partial charge >= 0.3 is 0 Å². The highest BCUT2D eigenvalue weighted by Gasteiger charge is 2.20. The van der Waals surface area contributed by atoms with Crippen molar-refractivity contribution in [2.24, 2.45) is 11.7 Å². The monoisotopic (exact) mass is 235 g/mol. The molecule has 17 heavy (non-hydrogen) atoms. The smallest absolute Gasteiger partial charge is 0.212 e. The molecular formula is C13H21N3O. The van der Waals surface area contributed by atoms with Gasteiger partial charge in [0.05, 0.1) is 7.11 Å². The van der Waals surface area contributed by atoms with Crippen LogP contribution in [0.1, 0.15) is 30.9 Å². The molecule has 1 saturated carbocycles. The number of ether oxygens (including phenoxy) is 1. The van der Waals surface area contributed by atoms with Crippen LogP contribution in [0, 0.1) is 5.92 Å². The number of pyridine rings is 1. The molecule has 2 rings (SSSR count). The second kappa shape index (κ2) is 5.98. The third kappa shape index (κ3) is 3.68. The van der Waals surface area contributed by atoms with Crippen LogP contribution < -0.4 is 15.8 Å². The van der Waals surface area contributed by atoms with E-state index in [4.69, 9.17) is 10.5 Å². The fourth-order valence-corrected chi connectivity index (χ4v) is 1.92. The van der Waals surface area contributed by atoms with Crippen LogP contribution in [-0.2, 0) is 0 Å². The summed E-state index contributed by atoms with van der Waals surface area (Å²) in [4.78, 5) is 4.20. The van der Waals surface area contributed by atoms with Gasteiger partial charge in [-0.25, -0.2) is 4.98 Å². The fourth-order valence-electron chi connectivity index (χ4n) is 1.92. The molecule has 3 N–H and O–H groups in total. The van der Waals surface area contributed by atoms with Gasteiger partial charge in [0, 0.05) is 24.8 Å². The van der Waals surface area contributed by atoms with Gasteiger partial charge in [-0.1, -0.05) is 18.9 Å². The molecule has 1 aromatic rings. The molecule has 0 amide bonds. The number of rotatable bonds is 7. The quantitative estimate of drug-likeness (QED) is 0.751. The largest absolute Gasteiger partial charge is 0.481 e. The minimum absolute atomic E-state index is 0.201. The molecule has 4 heteroatoms. The van der Waals surface area contributed by atoms with Crippen LogP contribution in [0.4, 0.5) is 0 Å². The lowest BCUT2D eigenvalue weighted by molar-refractivity contribution is 0.397. The second-order valence-corrected chi connectivity index (χ2v) is 4.61. The van der Waals surface area contributed by atoms with Crippen LogP contribution in [0.15, 0.2) is 18.3 Å². The molecule has 1 heterocycles. The SMILES string of the molecule is COc1ccc(C(CN)NCCC2CC2)cn1. The first-order valence-corrected chi connectivity index (χ1v) is 6.27. The van der Waals surface area contributed by atoms with E-state index in [1.165, 1.54) is 19.3 Å². The topological polar surface area (TPSA) is 60.2 Å². The summed E-state index contributed by atoms with van der Waals surface area (Å²) in [5, 5.41) is 3.49. The average molecular weight is 235 g/mol. The van der Waals surface area contributed by atoms with E-state index in [0.29, 0.717) is 12.4 Å². The number of nitrogens with two attached hydrogens (primary N) is 1. The zero-order valence-corrected chi connectivity index (χ0v) is 10.4. The van der Waals surface area contributed by atoms with E-state index in [-0.39, 0.29) is 6.04 Å². The van der Waals surface area contributed by atoms with Crippen LogP contribution in [-0.4, -0.2) is 25.2 Å². The first-order chi connectivity index (χ1) is 8.33. The molecule has 0 aliphatic heterocycles. The number of aromatic nitrogens is 1. The lowest BCUT2D eigenvalue weighted by Crippen LogP contribution is -2.29. The van der Waals surface area contributed by atoms with E-state index in [1.807, 2.05) is 18.3 Å². The first kappa shape index (κ1) is 12.3. The van der Waals surface area contributed by atoms with Gasteiger partial charge in [0.1, 0.15) is 0 Å². The predicted molar refractivity (Wildman–Crippen MR) is 67.9 cm³/mol. The standard InChI is InChI=1S/C13H21N3O/c1-17-13-5-4-11(9-16-13)12(8-14)15-7-6-10-2-3-10/h4-5,9-10,12,15H,2-3,6-8,14H2,1H3. The highest BCUT2D eigenvalue weighted by atomic mass is 16.5. The predicted octanol–water partition coefficient (Wildman–Crippen LogP) is 1.48. The molecule has 1 aromatic heterocycles. The van der Waals surface area contributed by atoms with E-state index >= 15 is 0 Å². The Morgan fingerprint density at radius 3 is 2.88 bits per heavy atom. The van der Waals surface area contributed by atoms with Gasteiger partial charge in [0.25, 0.3) is 0 Å². The van der Waals surface area contributed by atoms with Crippen molar-refractivity contribution in [1.29, 1.82) is 0 Å². The number of methoxy groups -OCH3 is 1. The van der Waals surface area contributed by atoms with E-state index in [0.717, 1.165) is 18.0 Å². The van der Waals surface area contributed by atoms with Gasteiger partial charge < -0.3 is 15.8 Å². The van der Waals surface area contributed by atoms with Crippen molar-refractivity contribution < 1.29 is 4.74 Å². The Labute approximate surface area is 103 Å². The van der Waals surface area contributed by atoms with Crippen LogP contribution in [0.25, 0.3) is 0 Å². The highest BCUT2D eigenvalue weighted by Crippen LogP contribution is 2.31. The third-order valence-corrected chi connectivity index (χ3v) is 3.25. The Morgan fingerprint density at radius 2 is 2.35 bits per heavy atom. The molecule has 0 saturated heterocycles. The zero-order chi connectivity index (χ0) is 12.1. The van der Waals surface area contributed by atoms with E-state index in [2.05, 4.69) is 10.3 Å². The second-order valence-electron chi connectivity index (χ2n) is 4.61. The fraction of sp³-hybridized carbons (Fsp3) is 0.615. The molecular weight excluding hydrogens is 214 g/mol. The number of hydrogen-bond acceptors (Lipinski definition) is 4. The molecule has 1 atom stereocenters. The molecule has 0 spiro atoms. The Balaban J connectivity index is 1.85. The van der Waals surface area contributed by atoms with E-state index in [1.54, 1.807) is 7.11 Å². The van der Waals surface area contributed by atoms with Gasteiger partial charge in [-0.15, -0.1) is 0 Å². The van der Waals surface area contributed by atoms with Crippen LogP contribution in [0.3, 0.4) is 0 Å². The minimum atomic E-state index is 0.201. The average Bonchev–Trinajstić information content (AvgIpc) is 3.19. The molecule has 1 aliphatic rings. The maximum Gasteiger partial charge on any atom is 0.212 e. The molecule has 1 fully saturated rings. The lowest BCUT2D eigenvalue weighted by Gasteiger charge is -2.17. The summed E-state index contributed by atoms with van der Waals surface area (Å²) in [6.07, 6.45) is 5.90. The minimum Gasteiger partial charge on any atom is -0.481 e.